The highest BCUT2D eigenvalue weighted by Gasteiger charge is 2.37. The summed E-state index contributed by atoms with van der Waals surface area (Å²) in [7, 11) is 0. The first-order chi connectivity index (χ1) is 11.3. The number of pyridine rings is 1. The lowest BCUT2D eigenvalue weighted by molar-refractivity contribution is -0.144. The topological polar surface area (TPSA) is 91.8 Å². The summed E-state index contributed by atoms with van der Waals surface area (Å²) in [6.07, 6.45) is 3.52. The Balaban J connectivity index is 0.00000312. The number of carboxylic acids is 1. The molecular formula is C17H27Cl2N3O4. The minimum atomic E-state index is -0.907. The van der Waals surface area contributed by atoms with Crippen molar-refractivity contribution >= 4 is 36.9 Å². The third kappa shape index (κ3) is 7.35. The van der Waals surface area contributed by atoms with Crippen molar-refractivity contribution in [1.82, 2.24) is 15.2 Å². The number of amides is 1. The van der Waals surface area contributed by atoms with Crippen molar-refractivity contribution in [3.05, 3.63) is 30.1 Å². The second kappa shape index (κ2) is 10.5. The van der Waals surface area contributed by atoms with Crippen LogP contribution in [0.3, 0.4) is 0 Å². The van der Waals surface area contributed by atoms with E-state index in [1.807, 2.05) is 12.1 Å². The Morgan fingerprint density at radius 1 is 1.31 bits per heavy atom. The summed E-state index contributed by atoms with van der Waals surface area (Å²) in [5.74, 6) is -1.57. The average Bonchev–Trinajstić information content (AvgIpc) is 2.52. The molecule has 0 radical (unpaired) electrons. The second-order valence-electron chi connectivity index (χ2n) is 7.00. The Morgan fingerprint density at radius 2 is 1.92 bits per heavy atom. The van der Waals surface area contributed by atoms with Gasteiger partial charge in [-0.15, -0.1) is 24.8 Å². The largest absolute Gasteiger partial charge is 0.481 e. The van der Waals surface area contributed by atoms with Gasteiger partial charge in [0.25, 0.3) is 0 Å². The summed E-state index contributed by atoms with van der Waals surface area (Å²) in [4.78, 5) is 29.2. The SMILES string of the molecule is CC(C)(C)OC(=O)N1CCC(NCc2ccncc2)C(C(=O)O)C1.Cl.Cl. The van der Waals surface area contributed by atoms with Crippen LogP contribution in [0.25, 0.3) is 0 Å². The Hall–Kier alpha value is -1.57. The zero-order valence-corrected chi connectivity index (χ0v) is 16.8. The number of carboxylic acid groups (broad SMARTS) is 1. The minimum absolute atomic E-state index is 0. The van der Waals surface area contributed by atoms with E-state index in [-0.39, 0.29) is 37.4 Å². The maximum atomic E-state index is 12.2. The van der Waals surface area contributed by atoms with E-state index in [1.165, 1.54) is 4.90 Å². The number of hydrogen-bond donors (Lipinski definition) is 2. The molecule has 0 spiro atoms. The van der Waals surface area contributed by atoms with Crippen molar-refractivity contribution in [2.75, 3.05) is 13.1 Å². The molecule has 1 amide bonds. The average molecular weight is 408 g/mol. The van der Waals surface area contributed by atoms with Crippen LogP contribution in [0, 0.1) is 5.92 Å². The number of halogens is 2. The normalized spacial score (nSPS) is 19.7. The third-order valence-electron chi connectivity index (χ3n) is 3.90. The van der Waals surface area contributed by atoms with E-state index in [4.69, 9.17) is 4.74 Å². The fourth-order valence-corrected chi connectivity index (χ4v) is 2.69. The highest BCUT2D eigenvalue weighted by Crippen LogP contribution is 2.21. The van der Waals surface area contributed by atoms with Gasteiger partial charge in [-0.1, -0.05) is 0 Å². The van der Waals surface area contributed by atoms with Crippen molar-refractivity contribution in [2.24, 2.45) is 5.92 Å². The standard InChI is InChI=1S/C17H25N3O4.2ClH/c1-17(2,3)24-16(23)20-9-6-14(13(11-20)15(21)22)19-10-12-4-7-18-8-5-12;;/h4-5,7-8,13-14,19H,6,9-11H2,1-3H3,(H,21,22);2*1H. The number of nitrogens with one attached hydrogen (secondary N) is 1. The third-order valence-corrected chi connectivity index (χ3v) is 3.90. The molecule has 148 valence electrons. The first kappa shape index (κ1) is 24.4. The number of carbonyl (C=O) groups excluding carboxylic acids is 1. The van der Waals surface area contributed by atoms with Gasteiger partial charge in [0, 0.05) is 38.1 Å². The lowest BCUT2D eigenvalue weighted by atomic mass is 9.92. The van der Waals surface area contributed by atoms with E-state index in [1.54, 1.807) is 33.2 Å². The minimum Gasteiger partial charge on any atom is -0.481 e. The summed E-state index contributed by atoms with van der Waals surface area (Å²) >= 11 is 0. The Morgan fingerprint density at radius 3 is 2.46 bits per heavy atom. The Bertz CT molecular complexity index is 581. The van der Waals surface area contributed by atoms with Gasteiger partial charge in [0.15, 0.2) is 0 Å². The number of piperidine rings is 1. The quantitative estimate of drug-likeness (QED) is 0.796. The monoisotopic (exact) mass is 407 g/mol. The molecule has 1 saturated heterocycles. The molecule has 1 aromatic rings. The molecule has 9 heteroatoms. The highest BCUT2D eigenvalue weighted by molar-refractivity contribution is 5.85. The number of likely N-dealkylation sites (tertiary alicyclic amines) is 1. The van der Waals surface area contributed by atoms with E-state index in [0.29, 0.717) is 19.5 Å². The summed E-state index contributed by atoms with van der Waals surface area (Å²) in [6, 6.07) is 3.59. The van der Waals surface area contributed by atoms with Crippen LogP contribution in [0.5, 0.6) is 0 Å². The molecule has 1 aliphatic heterocycles. The Kier molecular flexibility index (Phi) is 9.91. The number of aliphatic carboxylic acids is 1. The molecule has 2 atom stereocenters. The number of rotatable bonds is 4. The lowest BCUT2D eigenvalue weighted by Gasteiger charge is -2.37. The van der Waals surface area contributed by atoms with Crippen molar-refractivity contribution in [1.29, 1.82) is 0 Å². The molecular weight excluding hydrogens is 381 g/mol. The summed E-state index contributed by atoms with van der Waals surface area (Å²) in [6.45, 7) is 6.59. The fraction of sp³-hybridized carbons (Fsp3) is 0.588. The predicted octanol–water partition coefficient (Wildman–Crippen LogP) is 2.73. The molecule has 0 aromatic carbocycles. The first-order valence-corrected chi connectivity index (χ1v) is 8.09. The molecule has 26 heavy (non-hydrogen) atoms. The molecule has 1 fully saturated rings. The zero-order valence-electron chi connectivity index (χ0n) is 15.2. The highest BCUT2D eigenvalue weighted by atomic mass is 35.5. The molecule has 7 nitrogen and oxygen atoms in total. The van der Waals surface area contributed by atoms with Gasteiger partial charge in [0.2, 0.25) is 0 Å². The van der Waals surface area contributed by atoms with E-state index >= 15 is 0 Å². The van der Waals surface area contributed by atoms with Crippen LogP contribution < -0.4 is 5.32 Å². The van der Waals surface area contributed by atoms with Gasteiger partial charge in [-0.2, -0.15) is 0 Å². The first-order valence-electron chi connectivity index (χ1n) is 8.09. The number of nitrogens with zero attached hydrogens (tertiary/aromatic N) is 2. The molecule has 2 heterocycles. The van der Waals surface area contributed by atoms with E-state index in [9.17, 15) is 14.7 Å². The van der Waals surface area contributed by atoms with Crippen LogP contribution in [0.2, 0.25) is 0 Å². The van der Waals surface area contributed by atoms with Crippen molar-refractivity contribution in [2.45, 2.75) is 45.4 Å². The van der Waals surface area contributed by atoms with E-state index in [0.717, 1.165) is 5.56 Å². The van der Waals surface area contributed by atoms with Crippen LogP contribution >= 0.6 is 24.8 Å². The van der Waals surface area contributed by atoms with E-state index < -0.39 is 23.6 Å². The van der Waals surface area contributed by atoms with Gasteiger partial charge in [0.05, 0.1) is 5.92 Å². The van der Waals surface area contributed by atoms with Crippen LogP contribution in [0.15, 0.2) is 24.5 Å². The zero-order chi connectivity index (χ0) is 17.7. The van der Waals surface area contributed by atoms with Crippen LogP contribution in [-0.2, 0) is 16.1 Å². The smallest absolute Gasteiger partial charge is 0.410 e. The van der Waals surface area contributed by atoms with E-state index in [2.05, 4.69) is 10.3 Å². The summed E-state index contributed by atoms with van der Waals surface area (Å²) in [5.41, 5.74) is 0.454. The molecule has 0 aliphatic carbocycles. The van der Waals surface area contributed by atoms with Gasteiger partial charge in [-0.3, -0.25) is 9.78 Å². The summed E-state index contributed by atoms with van der Waals surface area (Å²) in [5, 5.41) is 12.8. The van der Waals surface area contributed by atoms with Crippen LogP contribution in [0.4, 0.5) is 4.79 Å². The van der Waals surface area contributed by atoms with Crippen LogP contribution in [-0.4, -0.2) is 51.8 Å². The van der Waals surface area contributed by atoms with Crippen molar-refractivity contribution in [3.63, 3.8) is 0 Å². The number of hydrogen-bond acceptors (Lipinski definition) is 5. The molecule has 1 aromatic heterocycles. The van der Waals surface area contributed by atoms with Crippen LogP contribution in [0.1, 0.15) is 32.8 Å². The Labute approximate surface area is 166 Å². The maximum Gasteiger partial charge on any atom is 0.410 e. The number of ether oxygens (including phenoxy) is 1. The predicted molar refractivity (Wildman–Crippen MR) is 103 cm³/mol. The van der Waals surface area contributed by atoms with Gasteiger partial charge < -0.3 is 20.1 Å². The molecule has 2 unspecified atom stereocenters. The van der Waals surface area contributed by atoms with Crippen molar-refractivity contribution < 1.29 is 19.4 Å². The second-order valence-corrected chi connectivity index (χ2v) is 7.00. The van der Waals surface area contributed by atoms with Gasteiger partial charge >= 0.3 is 12.1 Å². The van der Waals surface area contributed by atoms with Gasteiger partial charge in [-0.05, 0) is 44.9 Å². The molecule has 0 saturated carbocycles. The number of carbonyl (C=O) groups is 2. The molecule has 1 aliphatic rings. The van der Waals surface area contributed by atoms with Gasteiger partial charge in [0.1, 0.15) is 5.60 Å². The molecule has 2 N–H and O–H groups in total. The molecule has 0 bridgehead atoms. The van der Waals surface area contributed by atoms with Gasteiger partial charge in [-0.25, -0.2) is 4.79 Å². The lowest BCUT2D eigenvalue weighted by Crippen LogP contribution is -2.54. The fourth-order valence-electron chi connectivity index (χ4n) is 2.69. The number of aromatic nitrogens is 1. The molecule has 2 rings (SSSR count). The van der Waals surface area contributed by atoms with Crippen molar-refractivity contribution in [3.8, 4) is 0 Å². The maximum absolute atomic E-state index is 12.2. The summed E-state index contributed by atoms with van der Waals surface area (Å²) < 4.78 is 5.34.